The van der Waals surface area contributed by atoms with Crippen LogP contribution in [0.5, 0.6) is 0 Å². The molecule has 0 aromatic heterocycles. The number of benzene rings is 1. The van der Waals surface area contributed by atoms with Gasteiger partial charge in [0.25, 0.3) is 0 Å². The van der Waals surface area contributed by atoms with Crippen molar-refractivity contribution in [3.63, 3.8) is 0 Å². The molecular formula is C13H17NO2. The van der Waals surface area contributed by atoms with Crippen LogP contribution in [0.4, 0.5) is 0 Å². The van der Waals surface area contributed by atoms with E-state index < -0.39 is 0 Å². The highest BCUT2D eigenvalue weighted by Crippen LogP contribution is 2.16. The molecule has 0 saturated heterocycles. The smallest absolute Gasteiger partial charge is 0.216 e. The summed E-state index contributed by atoms with van der Waals surface area (Å²) in [6, 6.07) is 8.30. The lowest BCUT2D eigenvalue weighted by Gasteiger charge is -2.16. The number of hydrogen-bond acceptors (Lipinski definition) is 3. The van der Waals surface area contributed by atoms with Crippen LogP contribution in [0, 0.1) is 0 Å². The van der Waals surface area contributed by atoms with Crippen LogP contribution in [0.3, 0.4) is 0 Å². The summed E-state index contributed by atoms with van der Waals surface area (Å²) in [6.07, 6.45) is 1.92. The highest BCUT2D eigenvalue weighted by molar-refractivity contribution is 5.96. The van der Waals surface area contributed by atoms with Crippen molar-refractivity contribution in [1.82, 2.24) is 0 Å². The molecule has 0 spiro atoms. The average molecular weight is 219 g/mol. The van der Waals surface area contributed by atoms with E-state index in [9.17, 15) is 0 Å². The zero-order valence-electron chi connectivity index (χ0n) is 9.61. The first-order valence-corrected chi connectivity index (χ1v) is 5.66. The molecule has 3 nitrogen and oxygen atoms in total. The van der Waals surface area contributed by atoms with E-state index in [0.29, 0.717) is 6.61 Å². The van der Waals surface area contributed by atoms with Gasteiger partial charge in [-0.05, 0) is 18.1 Å². The van der Waals surface area contributed by atoms with E-state index in [1.807, 2.05) is 6.07 Å². The van der Waals surface area contributed by atoms with Crippen molar-refractivity contribution >= 4 is 5.90 Å². The van der Waals surface area contributed by atoms with Gasteiger partial charge in [-0.1, -0.05) is 18.2 Å². The van der Waals surface area contributed by atoms with Gasteiger partial charge in [0.1, 0.15) is 0 Å². The second-order valence-electron chi connectivity index (χ2n) is 3.79. The van der Waals surface area contributed by atoms with E-state index in [4.69, 9.17) is 9.47 Å². The van der Waals surface area contributed by atoms with Gasteiger partial charge >= 0.3 is 0 Å². The predicted octanol–water partition coefficient (Wildman–Crippen LogP) is 2.04. The summed E-state index contributed by atoms with van der Waals surface area (Å²) >= 11 is 0. The van der Waals surface area contributed by atoms with Crippen molar-refractivity contribution in [2.75, 3.05) is 26.9 Å². The maximum absolute atomic E-state index is 5.68. The maximum Gasteiger partial charge on any atom is 0.216 e. The second-order valence-corrected chi connectivity index (χ2v) is 3.79. The minimum Gasteiger partial charge on any atom is -0.477 e. The van der Waals surface area contributed by atoms with Gasteiger partial charge in [-0.25, -0.2) is 0 Å². The normalized spacial score (nSPS) is 14.2. The SMILES string of the molecule is COCCCOC1=NCCc2ccccc21. The van der Waals surface area contributed by atoms with Gasteiger partial charge in [0.2, 0.25) is 5.90 Å². The third kappa shape index (κ3) is 2.61. The van der Waals surface area contributed by atoms with Gasteiger partial charge in [-0.15, -0.1) is 0 Å². The molecule has 2 rings (SSSR count). The van der Waals surface area contributed by atoms with Crippen molar-refractivity contribution in [1.29, 1.82) is 0 Å². The van der Waals surface area contributed by atoms with Gasteiger partial charge in [0.05, 0.1) is 6.61 Å². The van der Waals surface area contributed by atoms with Crippen LogP contribution < -0.4 is 0 Å². The van der Waals surface area contributed by atoms with Crippen molar-refractivity contribution < 1.29 is 9.47 Å². The fourth-order valence-electron chi connectivity index (χ4n) is 1.81. The Morgan fingerprint density at radius 2 is 2.12 bits per heavy atom. The van der Waals surface area contributed by atoms with Crippen LogP contribution >= 0.6 is 0 Å². The van der Waals surface area contributed by atoms with Crippen LogP contribution in [-0.2, 0) is 15.9 Å². The summed E-state index contributed by atoms with van der Waals surface area (Å²) in [5, 5.41) is 0. The number of rotatable bonds is 4. The van der Waals surface area contributed by atoms with Crippen LogP contribution in [-0.4, -0.2) is 32.8 Å². The zero-order valence-corrected chi connectivity index (χ0v) is 9.61. The Morgan fingerprint density at radius 1 is 1.25 bits per heavy atom. The Morgan fingerprint density at radius 3 is 3.00 bits per heavy atom. The molecule has 0 radical (unpaired) electrons. The van der Waals surface area contributed by atoms with Crippen molar-refractivity contribution in [3.8, 4) is 0 Å². The summed E-state index contributed by atoms with van der Waals surface area (Å²) in [6.45, 7) is 2.23. The Kier molecular flexibility index (Phi) is 3.94. The fraction of sp³-hybridized carbons (Fsp3) is 0.462. The third-order valence-electron chi connectivity index (χ3n) is 2.62. The number of fused-ring (bicyclic) bond motifs is 1. The molecule has 0 amide bonds. The van der Waals surface area contributed by atoms with Gasteiger partial charge in [-0.3, -0.25) is 4.99 Å². The van der Waals surface area contributed by atoms with E-state index in [2.05, 4.69) is 23.2 Å². The van der Waals surface area contributed by atoms with Gasteiger partial charge in [0, 0.05) is 32.2 Å². The number of nitrogens with zero attached hydrogens (tertiary/aromatic N) is 1. The first-order chi connectivity index (χ1) is 7.92. The van der Waals surface area contributed by atoms with Crippen molar-refractivity contribution in [2.45, 2.75) is 12.8 Å². The van der Waals surface area contributed by atoms with Gasteiger partial charge in [0.15, 0.2) is 0 Å². The fourth-order valence-corrected chi connectivity index (χ4v) is 1.81. The minimum atomic E-state index is 0.668. The predicted molar refractivity (Wildman–Crippen MR) is 64.0 cm³/mol. The second kappa shape index (κ2) is 5.66. The number of aliphatic imine (C=N–C) groups is 1. The molecule has 0 bridgehead atoms. The van der Waals surface area contributed by atoms with Crippen molar-refractivity contribution in [3.05, 3.63) is 35.4 Å². The monoisotopic (exact) mass is 219 g/mol. The van der Waals surface area contributed by atoms with Crippen molar-refractivity contribution in [2.24, 2.45) is 4.99 Å². The lowest BCUT2D eigenvalue weighted by molar-refractivity contribution is 0.169. The molecule has 16 heavy (non-hydrogen) atoms. The van der Waals surface area contributed by atoms with Crippen LogP contribution in [0.25, 0.3) is 0 Å². The number of hydrogen-bond donors (Lipinski definition) is 0. The standard InChI is InChI=1S/C13H17NO2/c1-15-9-4-10-16-13-12-6-3-2-5-11(12)7-8-14-13/h2-3,5-6H,4,7-10H2,1H3. The quantitative estimate of drug-likeness (QED) is 0.725. The first-order valence-electron chi connectivity index (χ1n) is 5.66. The highest BCUT2D eigenvalue weighted by Gasteiger charge is 2.13. The molecule has 0 atom stereocenters. The highest BCUT2D eigenvalue weighted by atomic mass is 16.5. The largest absolute Gasteiger partial charge is 0.477 e. The lowest BCUT2D eigenvalue weighted by atomic mass is 10.0. The maximum atomic E-state index is 5.68. The zero-order chi connectivity index (χ0) is 11.2. The lowest BCUT2D eigenvalue weighted by Crippen LogP contribution is -2.16. The molecule has 86 valence electrons. The Hall–Kier alpha value is -1.35. The Balaban J connectivity index is 1.97. The molecule has 0 saturated carbocycles. The Bertz CT molecular complexity index is 374. The van der Waals surface area contributed by atoms with Gasteiger partial charge < -0.3 is 9.47 Å². The van der Waals surface area contributed by atoms with Crippen LogP contribution in [0.1, 0.15) is 17.5 Å². The van der Waals surface area contributed by atoms with E-state index >= 15 is 0 Å². The molecule has 0 fully saturated rings. The summed E-state index contributed by atoms with van der Waals surface area (Å²) in [7, 11) is 1.70. The molecular weight excluding hydrogens is 202 g/mol. The summed E-state index contributed by atoms with van der Waals surface area (Å²) in [5.41, 5.74) is 2.48. The summed E-state index contributed by atoms with van der Waals surface area (Å²) in [5.74, 6) is 0.790. The Labute approximate surface area is 96.1 Å². The molecule has 1 aliphatic heterocycles. The molecule has 3 heteroatoms. The third-order valence-corrected chi connectivity index (χ3v) is 2.62. The van der Waals surface area contributed by atoms with Crippen LogP contribution in [0.15, 0.2) is 29.3 Å². The van der Waals surface area contributed by atoms with Gasteiger partial charge in [-0.2, -0.15) is 0 Å². The summed E-state index contributed by atoms with van der Waals surface area (Å²) < 4.78 is 10.7. The molecule has 1 heterocycles. The molecule has 1 aromatic carbocycles. The van der Waals surface area contributed by atoms with E-state index in [1.54, 1.807) is 7.11 Å². The van der Waals surface area contributed by atoms with E-state index in [0.717, 1.165) is 37.5 Å². The molecule has 1 aromatic rings. The van der Waals surface area contributed by atoms with E-state index in [1.165, 1.54) is 5.56 Å². The minimum absolute atomic E-state index is 0.668. The molecule has 0 unspecified atom stereocenters. The molecule has 0 N–H and O–H groups in total. The van der Waals surface area contributed by atoms with Crippen LogP contribution in [0.2, 0.25) is 0 Å². The average Bonchev–Trinajstić information content (AvgIpc) is 2.35. The molecule has 1 aliphatic rings. The number of ether oxygens (including phenoxy) is 2. The topological polar surface area (TPSA) is 30.8 Å². The molecule has 0 aliphatic carbocycles. The summed E-state index contributed by atoms with van der Waals surface area (Å²) in [4.78, 5) is 4.42. The first kappa shape index (κ1) is 11.1. The number of methoxy groups -OCH3 is 1. The van der Waals surface area contributed by atoms with E-state index in [-0.39, 0.29) is 0 Å².